The highest BCUT2D eigenvalue weighted by molar-refractivity contribution is 5.77. The van der Waals surface area contributed by atoms with Gasteiger partial charge >= 0.3 is 6.18 Å². The first-order valence-corrected chi connectivity index (χ1v) is 9.08. The molecule has 2 aromatic carbocycles. The molecule has 2 aromatic rings. The number of carbonyl (C=O) groups is 1. The molecule has 1 N–H and O–H groups in total. The molecule has 0 fully saturated rings. The Morgan fingerprint density at radius 1 is 1.19 bits per heavy atom. The maximum Gasteiger partial charge on any atom is 0.416 e. The summed E-state index contributed by atoms with van der Waals surface area (Å²) in [5.74, 6) is -0.169. The van der Waals surface area contributed by atoms with Crippen LogP contribution in [0, 0.1) is 0 Å². The normalized spacial score (nSPS) is 14.5. The third-order valence-corrected chi connectivity index (χ3v) is 4.83. The third kappa shape index (κ3) is 4.79. The Kier molecular flexibility index (Phi) is 5.68. The van der Waals surface area contributed by atoms with Crippen molar-refractivity contribution in [2.24, 2.45) is 0 Å². The molecule has 2 nitrogen and oxygen atoms in total. The van der Waals surface area contributed by atoms with Gasteiger partial charge in [-0.15, -0.1) is 0 Å². The maximum absolute atomic E-state index is 12.8. The van der Waals surface area contributed by atoms with Gasteiger partial charge in [0.1, 0.15) is 0 Å². The van der Waals surface area contributed by atoms with Crippen LogP contribution in [-0.4, -0.2) is 5.91 Å². The number of aryl methyl sites for hydroxylation is 2. The van der Waals surface area contributed by atoms with E-state index in [4.69, 9.17) is 0 Å². The predicted octanol–water partition coefficient (Wildman–Crippen LogP) is 5.47. The highest BCUT2D eigenvalue weighted by atomic mass is 19.4. The number of benzene rings is 2. The first-order chi connectivity index (χ1) is 12.8. The molecule has 1 aliphatic carbocycles. The van der Waals surface area contributed by atoms with Crippen molar-refractivity contribution in [2.45, 2.75) is 44.8 Å². The number of carbonyl (C=O) groups excluding carboxylic acids is 1. The van der Waals surface area contributed by atoms with Crippen LogP contribution < -0.4 is 5.32 Å². The summed E-state index contributed by atoms with van der Waals surface area (Å²) in [6.45, 7) is 1.93. The lowest BCUT2D eigenvalue weighted by Crippen LogP contribution is -2.27. The molecule has 0 saturated carbocycles. The topological polar surface area (TPSA) is 29.1 Å². The van der Waals surface area contributed by atoms with Crippen LogP contribution in [0.25, 0.3) is 6.08 Å². The zero-order valence-corrected chi connectivity index (χ0v) is 15.1. The van der Waals surface area contributed by atoms with Crippen LogP contribution >= 0.6 is 0 Å². The number of hydrogen-bond donors (Lipinski definition) is 1. The van der Waals surface area contributed by atoms with Gasteiger partial charge in [-0.2, -0.15) is 13.2 Å². The van der Waals surface area contributed by atoms with Crippen LogP contribution in [0.4, 0.5) is 13.2 Å². The number of amides is 1. The van der Waals surface area contributed by atoms with Gasteiger partial charge in [-0.25, -0.2) is 0 Å². The molecule has 1 atom stereocenters. The Bertz CT molecular complexity index is 855. The van der Waals surface area contributed by atoms with Crippen molar-refractivity contribution in [1.82, 2.24) is 5.32 Å². The van der Waals surface area contributed by atoms with E-state index in [-0.39, 0.29) is 24.8 Å². The van der Waals surface area contributed by atoms with E-state index in [1.54, 1.807) is 6.07 Å². The molecule has 0 bridgehead atoms. The molecule has 5 heteroatoms. The van der Waals surface area contributed by atoms with Gasteiger partial charge < -0.3 is 5.32 Å². The van der Waals surface area contributed by atoms with Crippen LogP contribution in [0.1, 0.15) is 53.6 Å². The van der Waals surface area contributed by atoms with Gasteiger partial charge in [0, 0.05) is 6.42 Å². The van der Waals surface area contributed by atoms with Crippen molar-refractivity contribution >= 4 is 12.0 Å². The molecule has 0 aromatic heterocycles. The van der Waals surface area contributed by atoms with E-state index in [0.717, 1.165) is 36.1 Å². The number of halogens is 3. The van der Waals surface area contributed by atoms with Crippen molar-refractivity contribution in [2.75, 3.05) is 0 Å². The van der Waals surface area contributed by atoms with Crippen molar-refractivity contribution in [3.8, 4) is 0 Å². The second kappa shape index (κ2) is 7.99. The smallest absolute Gasteiger partial charge is 0.350 e. The van der Waals surface area contributed by atoms with Gasteiger partial charge in [-0.3, -0.25) is 4.79 Å². The number of fused-ring (bicyclic) bond motifs is 1. The summed E-state index contributed by atoms with van der Waals surface area (Å²) in [5, 5.41) is 2.97. The lowest BCUT2D eigenvalue weighted by Gasteiger charge is -2.21. The monoisotopic (exact) mass is 373 g/mol. The van der Waals surface area contributed by atoms with Crippen LogP contribution in [0.2, 0.25) is 0 Å². The van der Waals surface area contributed by atoms with Crippen molar-refractivity contribution in [3.63, 3.8) is 0 Å². The molecule has 0 radical (unpaired) electrons. The van der Waals surface area contributed by atoms with Crippen molar-refractivity contribution in [1.29, 1.82) is 0 Å². The number of rotatable bonds is 5. The molecule has 0 heterocycles. The molecule has 0 unspecified atom stereocenters. The molecule has 0 saturated heterocycles. The fraction of sp³-hybridized carbons (Fsp3) is 0.318. The SMILES string of the molecule is C[C@@H](NC(=O)CCc1cccc(C(F)(F)F)c1)c1cccc2c1C=CCC2. The Hall–Kier alpha value is -2.56. The van der Waals surface area contributed by atoms with E-state index in [0.29, 0.717) is 5.56 Å². The molecule has 1 amide bonds. The second-order valence-electron chi connectivity index (χ2n) is 6.85. The van der Waals surface area contributed by atoms with Gasteiger partial charge in [0.25, 0.3) is 0 Å². The average Bonchev–Trinajstić information content (AvgIpc) is 2.65. The zero-order chi connectivity index (χ0) is 19.4. The highest BCUT2D eigenvalue weighted by Crippen LogP contribution is 2.30. The number of allylic oxidation sites excluding steroid dienone is 1. The fourth-order valence-corrected chi connectivity index (χ4v) is 3.42. The largest absolute Gasteiger partial charge is 0.416 e. The van der Waals surface area contributed by atoms with Crippen LogP contribution in [0.3, 0.4) is 0 Å². The molecule has 142 valence electrons. The number of nitrogens with one attached hydrogen (secondary N) is 1. The van der Waals surface area contributed by atoms with Crippen molar-refractivity contribution < 1.29 is 18.0 Å². The van der Waals surface area contributed by atoms with E-state index < -0.39 is 11.7 Å². The zero-order valence-electron chi connectivity index (χ0n) is 15.1. The van der Waals surface area contributed by atoms with Crippen LogP contribution in [0.5, 0.6) is 0 Å². The van der Waals surface area contributed by atoms with Gasteiger partial charge in [-0.05, 0) is 54.5 Å². The standard InChI is InChI=1S/C22H22F3NO/c1-15(19-11-5-8-17-7-2-3-10-20(17)19)26-21(27)13-12-16-6-4-9-18(14-16)22(23,24)25/h3-6,8-11,14-15H,2,7,12-13H2,1H3,(H,26,27)/t15-/m1/s1. The number of hydrogen-bond acceptors (Lipinski definition) is 1. The lowest BCUT2D eigenvalue weighted by molar-refractivity contribution is -0.137. The molecular formula is C22H22F3NO. The Balaban J connectivity index is 1.61. The first kappa shape index (κ1) is 19.2. The summed E-state index contributed by atoms with van der Waals surface area (Å²) >= 11 is 0. The molecular weight excluding hydrogens is 351 g/mol. The summed E-state index contributed by atoms with van der Waals surface area (Å²) in [6, 6.07) is 11.1. The average molecular weight is 373 g/mol. The minimum atomic E-state index is -4.37. The summed E-state index contributed by atoms with van der Waals surface area (Å²) in [5.41, 5.74) is 3.33. The molecule has 1 aliphatic rings. The minimum absolute atomic E-state index is 0.149. The Morgan fingerprint density at radius 2 is 1.96 bits per heavy atom. The van der Waals surface area contributed by atoms with Crippen LogP contribution in [-0.2, 0) is 23.8 Å². The summed E-state index contributed by atoms with van der Waals surface area (Å²) < 4.78 is 38.3. The van der Waals surface area contributed by atoms with Crippen molar-refractivity contribution in [3.05, 3.63) is 76.4 Å². The summed E-state index contributed by atoms with van der Waals surface area (Å²) in [4.78, 5) is 12.3. The molecule has 0 aliphatic heterocycles. The third-order valence-electron chi connectivity index (χ3n) is 4.83. The van der Waals surface area contributed by atoms with E-state index in [1.165, 1.54) is 11.6 Å². The highest BCUT2D eigenvalue weighted by Gasteiger charge is 2.30. The summed E-state index contributed by atoms with van der Waals surface area (Å²) in [6.07, 6.45) is 2.30. The van der Waals surface area contributed by atoms with Crippen LogP contribution in [0.15, 0.2) is 48.5 Å². The van der Waals surface area contributed by atoms with Gasteiger partial charge in [-0.1, -0.05) is 48.6 Å². The Morgan fingerprint density at radius 3 is 2.74 bits per heavy atom. The van der Waals surface area contributed by atoms with Gasteiger partial charge in [0.15, 0.2) is 0 Å². The number of alkyl halides is 3. The summed E-state index contributed by atoms with van der Waals surface area (Å²) in [7, 11) is 0. The molecule has 3 rings (SSSR count). The van der Waals surface area contributed by atoms with Gasteiger partial charge in [0.2, 0.25) is 5.91 Å². The van der Waals surface area contributed by atoms with Gasteiger partial charge in [0.05, 0.1) is 11.6 Å². The molecule has 0 spiro atoms. The lowest BCUT2D eigenvalue weighted by atomic mass is 9.90. The predicted molar refractivity (Wildman–Crippen MR) is 100 cm³/mol. The van der Waals surface area contributed by atoms with E-state index in [2.05, 4.69) is 23.5 Å². The quantitative estimate of drug-likeness (QED) is 0.739. The first-order valence-electron chi connectivity index (χ1n) is 9.08. The second-order valence-corrected chi connectivity index (χ2v) is 6.85. The minimum Gasteiger partial charge on any atom is -0.350 e. The van der Waals surface area contributed by atoms with E-state index in [1.807, 2.05) is 19.1 Å². The molecule has 27 heavy (non-hydrogen) atoms. The fourth-order valence-electron chi connectivity index (χ4n) is 3.42. The maximum atomic E-state index is 12.8. The van der Waals surface area contributed by atoms with E-state index in [9.17, 15) is 18.0 Å². The van der Waals surface area contributed by atoms with E-state index >= 15 is 0 Å². The Labute approximate surface area is 157 Å².